The zero-order chi connectivity index (χ0) is 17.8. The lowest BCUT2D eigenvalue weighted by Gasteiger charge is -2.30. The first-order chi connectivity index (χ1) is 12.1. The fourth-order valence-electron chi connectivity index (χ4n) is 2.70. The lowest BCUT2D eigenvalue weighted by Crippen LogP contribution is -3.12. The van der Waals surface area contributed by atoms with Crippen molar-refractivity contribution >= 4 is 5.91 Å². The van der Waals surface area contributed by atoms with Gasteiger partial charge in [0.15, 0.2) is 11.4 Å². The molecular weight excluding hydrogens is 322 g/mol. The second-order valence-electron chi connectivity index (χ2n) is 6.03. The molecule has 0 bridgehead atoms. The molecule has 1 aromatic carbocycles. The molecule has 0 unspecified atom stereocenters. The van der Waals surface area contributed by atoms with Crippen molar-refractivity contribution in [1.82, 2.24) is 20.2 Å². The summed E-state index contributed by atoms with van der Waals surface area (Å²) in [6.45, 7) is 3.43. The molecule has 1 saturated heterocycles. The van der Waals surface area contributed by atoms with Crippen LogP contribution in [0.1, 0.15) is 10.5 Å². The van der Waals surface area contributed by atoms with Gasteiger partial charge in [-0.1, -0.05) is 18.2 Å². The van der Waals surface area contributed by atoms with Crippen molar-refractivity contribution in [2.75, 3.05) is 40.3 Å². The van der Waals surface area contributed by atoms with Crippen molar-refractivity contribution in [1.29, 1.82) is 0 Å². The van der Waals surface area contributed by atoms with Gasteiger partial charge in [-0.2, -0.15) is 9.78 Å². The number of benzene rings is 1. The van der Waals surface area contributed by atoms with Crippen LogP contribution in [0.4, 0.5) is 0 Å². The minimum Gasteiger partial charge on any atom is -0.494 e. The Morgan fingerprint density at radius 2 is 1.92 bits per heavy atom. The van der Waals surface area contributed by atoms with Crippen LogP contribution in [0.5, 0.6) is 5.75 Å². The highest BCUT2D eigenvalue weighted by molar-refractivity contribution is 5.94. The molecule has 25 heavy (non-hydrogen) atoms. The molecule has 1 amide bonds. The number of hydrazine groups is 1. The summed E-state index contributed by atoms with van der Waals surface area (Å²) in [5.41, 5.74) is 3.16. The second-order valence-corrected chi connectivity index (χ2v) is 6.03. The van der Waals surface area contributed by atoms with Gasteiger partial charge in [0.25, 0.3) is 11.5 Å². The number of nitrogens with one attached hydrogen (secondary N) is 2. The molecule has 0 spiro atoms. The zero-order valence-electron chi connectivity index (χ0n) is 14.4. The number of aromatic nitrogens is 2. The van der Waals surface area contributed by atoms with E-state index in [4.69, 9.17) is 4.74 Å². The standard InChI is InChI=1S/C17H21N5O3/c1-20-8-10-21(11-9-20)19-17(24)16-14(25-2)12-15(23)22(18-16)13-6-4-3-5-7-13/h3-7,12H,8-11H2,1-2H3,(H,19,24)/p+1. The predicted molar refractivity (Wildman–Crippen MR) is 92.0 cm³/mol. The quantitative estimate of drug-likeness (QED) is 0.722. The van der Waals surface area contributed by atoms with Gasteiger partial charge in [-0.05, 0) is 12.1 Å². The number of rotatable bonds is 4. The maximum absolute atomic E-state index is 12.7. The van der Waals surface area contributed by atoms with Crippen LogP contribution in [0.25, 0.3) is 5.69 Å². The number of quaternary nitrogens is 1. The Kier molecular flexibility index (Phi) is 5.11. The molecule has 8 nitrogen and oxygen atoms in total. The van der Waals surface area contributed by atoms with Crippen LogP contribution in [0.15, 0.2) is 41.2 Å². The molecule has 8 heteroatoms. The normalized spacial score (nSPS) is 15.8. The van der Waals surface area contributed by atoms with Crippen LogP contribution < -0.4 is 20.6 Å². The Balaban J connectivity index is 1.89. The van der Waals surface area contributed by atoms with Gasteiger partial charge in [-0.3, -0.25) is 15.0 Å². The molecule has 1 aliphatic heterocycles. The van der Waals surface area contributed by atoms with Crippen molar-refractivity contribution in [2.45, 2.75) is 0 Å². The van der Waals surface area contributed by atoms with E-state index in [-0.39, 0.29) is 22.9 Å². The Morgan fingerprint density at radius 3 is 2.56 bits per heavy atom. The lowest BCUT2D eigenvalue weighted by molar-refractivity contribution is -0.884. The third-order valence-corrected chi connectivity index (χ3v) is 4.21. The van der Waals surface area contributed by atoms with E-state index in [0.29, 0.717) is 5.69 Å². The average Bonchev–Trinajstić information content (AvgIpc) is 2.64. The van der Waals surface area contributed by atoms with E-state index in [1.54, 1.807) is 24.3 Å². The number of methoxy groups -OCH3 is 1. The molecule has 0 aliphatic carbocycles. The fraction of sp³-hybridized carbons (Fsp3) is 0.353. The van der Waals surface area contributed by atoms with E-state index >= 15 is 0 Å². The minimum atomic E-state index is -0.388. The molecule has 2 heterocycles. The fourth-order valence-corrected chi connectivity index (χ4v) is 2.70. The van der Waals surface area contributed by atoms with Gasteiger partial charge < -0.3 is 9.64 Å². The molecule has 2 N–H and O–H groups in total. The second kappa shape index (κ2) is 7.45. The molecule has 132 valence electrons. The van der Waals surface area contributed by atoms with Gasteiger partial charge in [0.1, 0.15) is 0 Å². The summed E-state index contributed by atoms with van der Waals surface area (Å²) in [6.07, 6.45) is 0. The van der Waals surface area contributed by atoms with Crippen molar-refractivity contribution in [3.8, 4) is 11.4 Å². The van der Waals surface area contributed by atoms with Gasteiger partial charge in [0.05, 0.1) is 52.1 Å². The van der Waals surface area contributed by atoms with Crippen molar-refractivity contribution < 1.29 is 14.4 Å². The molecule has 1 fully saturated rings. The third-order valence-electron chi connectivity index (χ3n) is 4.21. The number of amides is 1. The number of nitrogens with zero attached hydrogens (tertiary/aromatic N) is 3. The number of para-hydroxylation sites is 1. The molecule has 3 rings (SSSR count). The molecule has 1 aromatic heterocycles. The summed E-state index contributed by atoms with van der Waals surface area (Å²) >= 11 is 0. The Hall–Kier alpha value is -2.71. The average molecular weight is 344 g/mol. The van der Waals surface area contributed by atoms with E-state index < -0.39 is 0 Å². The smallest absolute Gasteiger partial charge is 0.289 e. The zero-order valence-corrected chi connectivity index (χ0v) is 14.4. The van der Waals surface area contributed by atoms with Crippen LogP contribution in [0.3, 0.4) is 0 Å². The summed E-state index contributed by atoms with van der Waals surface area (Å²) in [6, 6.07) is 10.3. The Morgan fingerprint density at radius 1 is 1.24 bits per heavy atom. The summed E-state index contributed by atoms with van der Waals surface area (Å²) in [4.78, 5) is 26.4. The highest BCUT2D eigenvalue weighted by Crippen LogP contribution is 2.14. The third kappa shape index (κ3) is 3.86. The van der Waals surface area contributed by atoms with E-state index in [9.17, 15) is 9.59 Å². The van der Waals surface area contributed by atoms with E-state index in [0.717, 1.165) is 26.2 Å². The highest BCUT2D eigenvalue weighted by atomic mass is 16.5. The molecule has 0 saturated carbocycles. The summed E-state index contributed by atoms with van der Waals surface area (Å²) < 4.78 is 6.39. The molecular formula is C17H22N5O3+. The number of hydrogen-bond donors (Lipinski definition) is 2. The topological polar surface area (TPSA) is 80.9 Å². The van der Waals surface area contributed by atoms with Crippen LogP contribution >= 0.6 is 0 Å². The van der Waals surface area contributed by atoms with E-state index in [1.165, 1.54) is 22.8 Å². The monoisotopic (exact) mass is 344 g/mol. The van der Waals surface area contributed by atoms with Crippen LogP contribution in [0.2, 0.25) is 0 Å². The first-order valence-corrected chi connectivity index (χ1v) is 8.19. The Labute approximate surface area is 145 Å². The maximum Gasteiger partial charge on any atom is 0.289 e. The maximum atomic E-state index is 12.7. The number of hydrogen-bond acceptors (Lipinski definition) is 5. The molecule has 0 radical (unpaired) electrons. The number of likely N-dealkylation sites (N-methyl/N-ethyl adjacent to an activating group) is 1. The van der Waals surface area contributed by atoms with Crippen molar-refractivity contribution in [3.05, 3.63) is 52.4 Å². The van der Waals surface area contributed by atoms with Crippen LogP contribution in [-0.4, -0.2) is 61.0 Å². The van der Waals surface area contributed by atoms with Crippen LogP contribution in [-0.2, 0) is 0 Å². The van der Waals surface area contributed by atoms with Crippen molar-refractivity contribution in [3.63, 3.8) is 0 Å². The first-order valence-electron chi connectivity index (χ1n) is 8.19. The predicted octanol–water partition coefficient (Wildman–Crippen LogP) is -1.28. The van der Waals surface area contributed by atoms with E-state index in [1.807, 2.05) is 11.1 Å². The molecule has 2 aromatic rings. The van der Waals surface area contributed by atoms with Crippen LogP contribution in [0, 0.1) is 0 Å². The lowest BCUT2D eigenvalue weighted by atomic mass is 10.3. The largest absolute Gasteiger partial charge is 0.494 e. The Bertz CT molecular complexity index is 798. The number of piperazine rings is 1. The number of ether oxygens (including phenoxy) is 1. The van der Waals surface area contributed by atoms with Gasteiger partial charge in [-0.15, -0.1) is 0 Å². The highest BCUT2D eigenvalue weighted by Gasteiger charge is 2.23. The number of carbonyl (C=O) groups is 1. The summed E-state index contributed by atoms with van der Waals surface area (Å²) in [7, 11) is 3.54. The summed E-state index contributed by atoms with van der Waals surface area (Å²) in [5, 5.41) is 6.10. The minimum absolute atomic E-state index is 0.0808. The van der Waals surface area contributed by atoms with Gasteiger partial charge in [0.2, 0.25) is 0 Å². The SMILES string of the molecule is COc1cc(=O)n(-c2ccccc2)nc1C(=O)NN1CC[NH+](C)CC1. The first kappa shape index (κ1) is 17.1. The molecule has 0 atom stereocenters. The van der Waals surface area contributed by atoms with E-state index in [2.05, 4.69) is 17.6 Å². The van der Waals surface area contributed by atoms with Gasteiger partial charge in [0, 0.05) is 0 Å². The summed E-state index contributed by atoms with van der Waals surface area (Å²) in [5.74, 6) is -0.226. The van der Waals surface area contributed by atoms with Gasteiger partial charge in [-0.25, -0.2) is 5.01 Å². The number of carbonyl (C=O) groups excluding carboxylic acids is 1. The van der Waals surface area contributed by atoms with Gasteiger partial charge >= 0.3 is 0 Å². The van der Waals surface area contributed by atoms with Crippen molar-refractivity contribution in [2.24, 2.45) is 0 Å². The molecule has 1 aliphatic rings.